The second-order valence-corrected chi connectivity index (χ2v) is 10.8. The van der Waals surface area contributed by atoms with Gasteiger partial charge < -0.3 is 14.4 Å². The highest BCUT2D eigenvalue weighted by Gasteiger charge is 2.33. The fourth-order valence-corrected chi connectivity index (χ4v) is 6.47. The smallest absolute Gasteiger partial charge is 0.338 e. The molecule has 1 aromatic heterocycles. The third-order valence-corrected chi connectivity index (χ3v) is 8.27. The van der Waals surface area contributed by atoms with E-state index in [0.717, 1.165) is 28.7 Å². The molecule has 0 radical (unpaired) electrons. The third-order valence-electron chi connectivity index (χ3n) is 6.67. The van der Waals surface area contributed by atoms with Gasteiger partial charge in [-0.05, 0) is 84.1 Å². The first kappa shape index (κ1) is 25.5. The summed E-state index contributed by atoms with van der Waals surface area (Å²) in [4.78, 5) is 34.4. The third kappa shape index (κ3) is 4.90. The fourth-order valence-electron chi connectivity index (χ4n) is 4.87. The van der Waals surface area contributed by atoms with E-state index in [2.05, 4.69) is 38.0 Å². The second kappa shape index (κ2) is 10.7. The van der Waals surface area contributed by atoms with Gasteiger partial charge >= 0.3 is 5.97 Å². The molecule has 0 bridgehead atoms. The van der Waals surface area contributed by atoms with Crippen LogP contribution in [-0.2, 0) is 9.53 Å². The molecule has 0 amide bonds. The van der Waals surface area contributed by atoms with Crippen molar-refractivity contribution in [2.45, 2.75) is 32.7 Å². The number of halogens is 1. The molecule has 9 heteroatoms. The van der Waals surface area contributed by atoms with Crippen LogP contribution < -0.4 is 24.5 Å². The van der Waals surface area contributed by atoms with E-state index in [4.69, 9.17) is 9.47 Å². The fraction of sp³-hybridized carbons (Fsp3) is 0.321. The van der Waals surface area contributed by atoms with Crippen molar-refractivity contribution >= 4 is 45.0 Å². The monoisotopic (exact) mass is 581 g/mol. The zero-order valence-corrected chi connectivity index (χ0v) is 23.4. The number of nitrogens with zero attached hydrogens (tertiary/aromatic N) is 3. The zero-order chi connectivity index (χ0) is 26.1. The van der Waals surface area contributed by atoms with Gasteiger partial charge in [0.2, 0.25) is 0 Å². The lowest BCUT2D eigenvalue weighted by Gasteiger charge is -2.25. The highest BCUT2D eigenvalue weighted by atomic mass is 79.9. The Morgan fingerprint density at radius 1 is 1.19 bits per heavy atom. The number of aromatic nitrogens is 1. The van der Waals surface area contributed by atoms with Crippen molar-refractivity contribution in [1.29, 1.82) is 0 Å². The predicted octanol–water partition coefficient (Wildman–Crippen LogP) is 4.17. The van der Waals surface area contributed by atoms with Crippen molar-refractivity contribution in [3.8, 4) is 5.75 Å². The van der Waals surface area contributed by atoms with Crippen LogP contribution in [0.25, 0.3) is 6.08 Å². The molecule has 7 nitrogen and oxygen atoms in total. The normalized spacial score (nSPS) is 17.6. The number of rotatable bonds is 6. The summed E-state index contributed by atoms with van der Waals surface area (Å²) in [5.41, 5.74) is 3.60. The summed E-state index contributed by atoms with van der Waals surface area (Å²) >= 11 is 4.86. The predicted molar refractivity (Wildman–Crippen MR) is 149 cm³/mol. The number of fused-ring (bicyclic) bond motifs is 1. The Balaban J connectivity index is 1.62. The summed E-state index contributed by atoms with van der Waals surface area (Å²) in [6.45, 7) is 5.94. The van der Waals surface area contributed by atoms with Crippen molar-refractivity contribution in [3.63, 3.8) is 0 Å². The lowest BCUT2D eigenvalue weighted by atomic mass is 9.96. The van der Waals surface area contributed by atoms with Crippen LogP contribution in [0, 0.1) is 0 Å². The van der Waals surface area contributed by atoms with E-state index < -0.39 is 12.0 Å². The van der Waals surface area contributed by atoms with Crippen molar-refractivity contribution in [2.75, 3.05) is 31.7 Å². The number of carbonyl (C=O) groups excluding carboxylic acids is 1. The molecule has 3 heterocycles. The molecule has 0 N–H and O–H groups in total. The number of hydrogen-bond donors (Lipinski definition) is 0. The van der Waals surface area contributed by atoms with Crippen molar-refractivity contribution in [2.24, 2.45) is 4.99 Å². The number of anilines is 1. The second-order valence-electron chi connectivity index (χ2n) is 8.98. The maximum atomic E-state index is 13.8. The van der Waals surface area contributed by atoms with Crippen LogP contribution in [0.1, 0.15) is 43.9 Å². The van der Waals surface area contributed by atoms with E-state index >= 15 is 0 Å². The number of thiazole rings is 1. The van der Waals surface area contributed by atoms with Crippen LogP contribution in [-0.4, -0.2) is 37.3 Å². The molecule has 0 saturated carbocycles. The van der Waals surface area contributed by atoms with Crippen LogP contribution >= 0.6 is 27.3 Å². The van der Waals surface area contributed by atoms with Gasteiger partial charge in [0.15, 0.2) is 4.80 Å². The van der Waals surface area contributed by atoms with E-state index in [-0.39, 0.29) is 12.2 Å². The molecule has 2 aromatic carbocycles. The minimum absolute atomic E-state index is 0.196. The van der Waals surface area contributed by atoms with E-state index in [9.17, 15) is 9.59 Å². The van der Waals surface area contributed by atoms with Crippen LogP contribution in [0.3, 0.4) is 0 Å². The first-order chi connectivity index (χ1) is 17.9. The van der Waals surface area contributed by atoms with E-state index in [1.54, 1.807) is 25.5 Å². The van der Waals surface area contributed by atoms with Gasteiger partial charge in [-0.3, -0.25) is 9.36 Å². The van der Waals surface area contributed by atoms with Gasteiger partial charge in [-0.1, -0.05) is 29.5 Å². The van der Waals surface area contributed by atoms with Crippen molar-refractivity contribution in [3.05, 3.63) is 89.0 Å². The Kier molecular flexibility index (Phi) is 7.35. The van der Waals surface area contributed by atoms with Crippen molar-refractivity contribution in [1.82, 2.24) is 4.57 Å². The molecule has 1 fully saturated rings. The molecule has 0 unspecified atom stereocenters. The van der Waals surface area contributed by atoms with E-state index in [0.29, 0.717) is 26.4 Å². The summed E-state index contributed by atoms with van der Waals surface area (Å²) in [7, 11) is 1.59. The van der Waals surface area contributed by atoms with Gasteiger partial charge in [-0.15, -0.1) is 0 Å². The summed E-state index contributed by atoms with van der Waals surface area (Å²) in [6.07, 6.45) is 4.34. The molecule has 2 aliphatic rings. The standard InChI is InChI=1S/C28H28BrN3O4S/c1-4-36-27(34)24-17(2)30-28-32(25(24)19-9-12-22(35-3)21(29)16-19)26(33)23(37-28)15-18-7-10-20(11-8-18)31-13-5-6-14-31/h7-12,15-16,25H,4-6,13-14H2,1-3H3/b23-15+/t25-/m1/s1. The Bertz CT molecular complexity index is 1550. The van der Waals surface area contributed by atoms with Crippen LogP contribution in [0.4, 0.5) is 5.69 Å². The topological polar surface area (TPSA) is 73.1 Å². The average molecular weight is 583 g/mol. The SMILES string of the molecule is CCOC(=O)C1=C(C)N=c2s/c(=C/c3ccc(N4CCCC4)cc3)c(=O)n2[C@@H]1c1ccc(OC)c(Br)c1. The van der Waals surface area contributed by atoms with Gasteiger partial charge in [-0.2, -0.15) is 0 Å². The van der Waals surface area contributed by atoms with Gasteiger partial charge in [0.05, 0.1) is 40.0 Å². The number of benzene rings is 2. The molecule has 0 aliphatic carbocycles. The van der Waals surface area contributed by atoms with Gasteiger partial charge in [0.1, 0.15) is 5.75 Å². The van der Waals surface area contributed by atoms with Gasteiger partial charge in [-0.25, -0.2) is 9.79 Å². The van der Waals surface area contributed by atoms with Gasteiger partial charge in [0.25, 0.3) is 5.56 Å². The summed E-state index contributed by atoms with van der Waals surface area (Å²) in [5, 5.41) is 0. The molecule has 1 atom stereocenters. The molecule has 1 saturated heterocycles. The molecule has 3 aromatic rings. The number of carbonyl (C=O) groups is 1. The minimum atomic E-state index is -0.669. The molecule has 2 aliphatic heterocycles. The van der Waals surface area contributed by atoms with Gasteiger partial charge in [0, 0.05) is 18.8 Å². The molecule has 0 spiro atoms. The highest BCUT2D eigenvalue weighted by molar-refractivity contribution is 9.10. The largest absolute Gasteiger partial charge is 0.496 e. The number of methoxy groups -OCH3 is 1. The first-order valence-corrected chi connectivity index (χ1v) is 13.9. The highest BCUT2D eigenvalue weighted by Crippen LogP contribution is 2.35. The quantitative estimate of drug-likeness (QED) is 0.408. The molecule has 5 rings (SSSR count). The lowest BCUT2D eigenvalue weighted by molar-refractivity contribution is -0.139. The average Bonchev–Trinajstić information content (AvgIpc) is 3.52. The Hall–Kier alpha value is -3.17. The number of ether oxygens (including phenoxy) is 2. The van der Waals surface area contributed by atoms with Crippen LogP contribution in [0.2, 0.25) is 0 Å². The van der Waals surface area contributed by atoms with Crippen LogP contribution in [0.5, 0.6) is 5.75 Å². The number of hydrogen-bond acceptors (Lipinski definition) is 7. The Morgan fingerprint density at radius 2 is 1.92 bits per heavy atom. The molecular formula is C28H28BrN3O4S. The van der Waals surface area contributed by atoms with E-state index in [1.165, 1.54) is 29.9 Å². The molecule has 192 valence electrons. The maximum absolute atomic E-state index is 13.8. The summed E-state index contributed by atoms with van der Waals surface area (Å²) in [6, 6.07) is 13.2. The Morgan fingerprint density at radius 3 is 2.57 bits per heavy atom. The lowest BCUT2D eigenvalue weighted by Crippen LogP contribution is -2.39. The molecular weight excluding hydrogens is 554 g/mol. The van der Waals surface area contributed by atoms with E-state index in [1.807, 2.05) is 36.4 Å². The first-order valence-electron chi connectivity index (χ1n) is 12.3. The Labute approximate surface area is 227 Å². The molecule has 37 heavy (non-hydrogen) atoms. The minimum Gasteiger partial charge on any atom is -0.496 e. The maximum Gasteiger partial charge on any atom is 0.338 e. The zero-order valence-electron chi connectivity index (χ0n) is 21.0. The summed E-state index contributed by atoms with van der Waals surface area (Å²) < 4.78 is 13.6. The summed E-state index contributed by atoms with van der Waals surface area (Å²) in [5.74, 6) is 0.180. The van der Waals surface area contributed by atoms with Crippen molar-refractivity contribution < 1.29 is 14.3 Å². The number of esters is 1. The van der Waals surface area contributed by atoms with Crippen LogP contribution in [0.15, 0.2) is 68.0 Å². The number of allylic oxidation sites excluding steroid dienone is 1.